The molecule has 1 fully saturated rings. The van der Waals surface area contributed by atoms with Gasteiger partial charge >= 0.3 is 5.97 Å². The van der Waals surface area contributed by atoms with E-state index in [0.717, 1.165) is 5.56 Å². The highest BCUT2D eigenvalue weighted by Gasteiger charge is 2.45. The molecular formula is C15H14ClNO3. The number of ketones is 1. The lowest BCUT2D eigenvalue weighted by Crippen LogP contribution is -2.40. The number of hydrogen-bond donors (Lipinski definition) is 0. The highest BCUT2D eigenvalue weighted by molar-refractivity contribution is 6.30. The van der Waals surface area contributed by atoms with Crippen molar-refractivity contribution >= 4 is 23.4 Å². The maximum Gasteiger partial charge on any atom is 0.316 e. The van der Waals surface area contributed by atoms with E-state index in [1.807, 2.05) is 0 Å². The van der Waals surface area contributed by atoms with Crippen molar-refractivity contribution in [1.82, 2.24) is 0 Å². The van der Waals surface area contributed by atoms with E-state index in [9.17, 15) is 14.9 Å². The Bertz CT molecular complexity index is 568. The topological polar surface area (TPSA) is 67.2 Å². The van der Waals surface area contributed by atoms with Gasteiger partial charge in [0.05, 0.1) is 18.6 Å². The Morgan fingerprint density at radius 3 is 2.65 bits per heavy atom. The predicted octanol–water partition coefficient (Wildman–Crippen LogP) is 2.64. The number of carbonyl (C=O) groups is 2. The first-order valence-electron chi connectivity index (χ1n) is 6.30. The summed E-state index contributed by atoms with van der Waals surface area (Å²) < 4.78 is 4.66. The van der Waals surface area contributed by atoms with E-state index in [1.54, 1.807) is 24.3 Å². The number of nitrogens with zero attached hydrogens (tertiary/aromatic N) is 1. The SMILES string of the molecule is COC(=O)[C@@H]1C[C@@](C#N)(c2ccc(Cl)cc2)CCC1=O. The van der Waals surface area contributed by atoms with Crippen molar-refractivity contribution in [2.75, 3.05) is 7.11 Å². The lowest BCUT2D eigenvalue weighted by Gasteiger charge is -2.34. The van der Waals surface area contributed by atoms with E-state index in [1.165, 1.54) is 7.11 Å². The largest absolute Gasteiger partial charge is 0.468 e. The van der Waals surface area contributed by atoms with Gasteiger partial charge in [-0.2, -0.15) is 5.26 Å². The van der Waals surface area contributed by atoms with Crippen LogP contribution in [-0.2, 0) is 19.7 Å². The fourth-order valence-corrected chi connectivity index (χ4v) is 2.76. The summed E-state index contributed by atoms with van der Waals surface area (Å²) in [5, 5.41) is 10.2. The molecule has 1 aliphatic rings. The highest BCUT2D eigenvalue weighted by atomic mass is 35.5. The highest BCUT2D eigenvalue weighted by Crippen LogP contribution is 2.40. The Morgan fingerprint density at radius 2 is 2.10 bits per heavy atom. The first kappa shape index (κ1) is 14.5. The Hall–Kier alpha value is -1.86. The van der Waals surface area contributed by atoms with E-state index in [4.69, 9.17) is 11.6 Å². The second-order valence-electron chi connectivity index (χ2n) is 4.95. The van der Waals surface area contributed by atoms with Gasteiger partial charge in [-0.3, -0.25) is 9.59 Å². The van der Waals surface area contributed by atoms with Crippen LogP contribution in [0.25, 0.3) is 0 Å². The van der Waals surface area contributed by atoms with Crippen LogP contribution in [-0.4, -0.2) is 18.9 Å². The van der Waals surface area contributed by atoms with Gasteiger partial charge in [0.15, 0.2) is 0 Å². The first-order valence-corrected chi connectivity index (χ1v) is 6.68. The van der Waals surface area contributed by atoms with Crippen molar-refractivity contribution in [3.05, 3.63) is 34.9 Å². The number of Topliss-reactive ketones (excluding diaryl/α,β-unsaturated/α-hetero) is 1. The summed E-state index contributed by atoms with van der Waals surface area (Å²) in [6, 6.07) is 9.24. The molecule has 0 aromatic heterocycles. The smallest absolute Gasteiger partial charge is 0.316 e. The molecule has 5 heteroatoms. The van der Waals surface area contributed by atoms with Gasteiger partial charge in [0.1, 0.15) is 11.7 Å². The molecular weight excluding hydrogens is 278 g/mol. The number of rotatable bonds is 2. The Balaban J connectivity index is 2.36. The Labute approximate surface area is 122 Å². The molecule has 1 aromatic rings. The molecule has 1 saturated carbocycles. The maximum absolute atomic E-state index is 11.9. The minimum absolute atomic E-state index is 0.156. The van der Waals surface area contributed by atoms with Gasteiger partial charge in [0.25, 0.3) is 0 Å². The molecule has 0 spiro atoms. The van der Waals surface area contributed by atoms with Crippen LogP contribution in [0, 0.1) is 17.2 Å². The third-order valence-electron chi connectivity index (χ3n) is 3.84. The maximum atomic E-state index is 11.9. The monoisotopic (exact) mass is 291 g/mol. The molecule has 20 heavy (non-hydrogen) atoms. The molecule has 104 valence electrons. The van der Waals surface area contributed by atoms with Crippen molar-refractivity contribution in [3.63, 3.8) is 0 Å². The first-order chi connectivity index (χ1) is 9.52. The van der Waals surface area contributed by atoms with E-state index in [-0.39, 0.29) is 18.6 Å². The predicted molar refractivity (Wildman–Crippen MR) is 73.1 cm³/mol. The molecule has 0 radical (unpaired) electrons. The van der Waals surface area contributed by atoms with Crippen LogP contribution < -0.4 is 0 Å². The zero-order chi connectivity index (χ0) is 14.8. The summed E-state index contributed by atoms with van der Waals surface area (Å²) in [5.41, 5.74) is -0.0528. The summed E-state index contributed by atoms with van der Waals surface area (Å²) in [4.78, 5) is 23.5. The lowest BCUT2D eigenvalue weighted by atomic mass is 9.66. The van der Waals surface area contributed by atoms with Crippen molar-refractivity contribution in [1.29, 1.82) is 5.26 Å². The van der Waals surface area contributed by atoms with Crippen LogP contribution in [0.5, 0.6) is 0 Å². The molecule has 0 unspecified atom stereocenters. The van der Waals surface area contributed by atoms with Crippen LogP contribution in [0.15, 0.2) is 24.3 Å². The minimum Gasteiger partial charge on any atom is -0.468 e. The number of hydrogen-bond acceptors (Lipinski definition) is 4. The molecule has 0 heterocycles. The molecule has 0 amide bonds. The number of nitriles is 1. The number of esters is 1. The molecule has 1 aliphatic carbocycles. The molecule has 4 nitrogen and oxygen atoms in total. The Kier molecular flexibility index (Phi) is 4.10. The number of ether oxygens (including phenoxy) is 1. The fraction of sp³-hybridized carbons (Fsp3) is 0.400. The van der Waals surface area contributed by atoms with Crippen LogP contribution in [0.4, 0.5) is 0 Å². The van der Waals surface area contributed by atoms with E-state index in [2.05, 4.69) is 10.8 Å². The van der Waals surface area contributed by atoms with Crippen molar-refractivity contribution in [3.8, 4) is 6.07 Å². The van der Waals surface area contributed by atoms with E-state index < -0.39 is 17.3 Å². The number of methoxy groups -OCH3 is 1. The van der Waals surface area contributed by atoms with E-state index in [0.29, 0.717) is 11.4 Å². The molecule has 0 aliphatic heterocycles. The van der Waals surface area contributed by atoms with Crippen LogP contribution in [0.1, 0.15) is 24.8 Å². The quantitative estimate of drug-likeness (QED) is 0.620. The van der Waals surface area contributed by atoms with Gasteiger partial charge in [-0.05, 0) is 30.5 Å². The third kappa shape index (κ3) is 2.54. The van der Waals surface area contributed by atoms with Crippen LogP contribution in [0.2, 0.25) is 5.02 Å². The zero-order valence-electron chi connectivity index (χ0n) is 11.1. The molecule has 2 rings (SSSR count). The fourth-order valence-electron chi connectivity index (χ4n) is 2.63. The summed E-state index contributed by atoms with van der Waals surface area (Å²) >= 11 is 5.85. The van der Waals surface area contributed by atoms with Crippen LogP contribution >= 0.6 is 11.6 Å². The summed E-state index contributed by atoms with van der Waals surface area (Å²) in [7, 11) is 1.25. The minimum atomic E-state index is -0.857. The normalized spacial score (nSPS) is 25.9. The van der Waals surface area contributed by atoms with Gasteiger partial charge in [-0.1, -0.05) is 23.7 Å². The zero-order valence-corrected chi connectivity index (χ0v) is 11.8. The number of carbonyl (C=O) groups excluding carboxylic acids is 2. The lowest BCUT2D eigenvalue weighted by molar-refractivity contribution is -0.151. The van der Waals surface area contributed by atoms with Gasteiger partial charge in [-0.25, -0.2) is 0 Å². The van der Waals surface area contributed by atoms with Gasteiger partial charge < -0.3 is 4.74 Å². The summed E-state index contributed by atoms with van der Waals surface area (Å²) in [6.45, 7) is 0. The standard InChI is InChI=1S/C15H14ClNO3/c1-20-14(19)12-8-15(9-17,7-6-13(12)18)10-2-4-11(16)5-3-10/h2-5,12H,6-8H2,1H3/t12-,15+/m1/s1. The summed E-state index contributed by atoms with van der Waals surface area (Å²) in [5.74, 6) is -1.58. The second-order valence-corrected chi connectivity index (χ2v) is 5.38. The Morgan fingerprint density at radius 1 is 1.45 bits per heavy atom. The van der Waals surface area contributed by atoms with Crippen molar-refractivity contribution < 1.29 is 14.3 Å². The van der Waals surface area contributed by atoms with Gasteiger partial charge in [0, 0.05) is 11.4 Å². The van der Waals surface area contributed by atoms with E-state index >= 15 is 0 Å². The average Bonchev–Trinajstić information content (AvgIpc) is 2.48. The summed E-state index contributed by atoms with van der Waals surface area (Å²) in [6.07, 6.45) is 0.782. The molecule has 1 aromatic carbocycles. The molecule has 2 atom stereocenters. The molecule has 0 N–H and O–H groups in total. The van der Waals surface area contributed by atoms with Crippen molar-refractivity contribution in [2.24, 2.45) is 5.92 Å². The molecule has 0 bridgehead atoms. The van der Waals surface area contributed by atoms with Crippen molar-refractivity contribution in [2.45, 2.75) is 24.7 Å². The molecule has 0 saturated heterocycles. The van der Waals surface area contributed by atoms with Gasteiger partial charge in [-0.15, -0.1) is 0 Å². The average molecular weight is 292 g/mol. The number of halogens is 1. The number of benzene rings is 1. The van der Waals surface area contributed by atoms with Gasteiger partial charge in [0.2, 0.25) is 0 Å². The van der Waals surface area contributed by atoms with Crippen LogP contribution in [0.3, 0.4) is 0 Å². The second kappa shape index (κ2) is 5.64. The third-order valence-corrected chi connectivity index (χ3v) is 4.09.